The van der Waals surface area contributed by atoms with E-state index in [2.05, 4.69) is 0 Å². The maximum atomic E-state index is 12.2. The molecule has 1 heterocycles. The summed E-state index contributed by atoms with van der Waals surface area (Å²) >= 11 is 11.8. The van der Waals surface area contributed by atoms with Crippen molar-refractivity contribution in [3.8, 4) is 0 Å². The number of hydrogen-bond acceptors (Lipinski definition) is 3. The first-order valence-corrected chi connectivity index (χ1v) is 6.92. The lowest BCUT2D eigenvalue weighted by Gasteiger charge is -2.14. The Morgan fingerprint density at radius 2 is 1.70 bits per heavy atom. The standard InChI is InChI=1S/C14H13Cl2NO3/c1-7-8(2)14(20)17(13(7)19)6-12(18)10-5-9(15)3-4-11(10)16/h3-5,7-8H,6H2,1-2H3. The lowest BCUT2D eigenvalue weighted by atomic mass is 10.00. The first-order chi connectivity index (χ1) is 9.32. The van der Waals surface area contributed by atoms with E-state index in [0.717, 1.165) is 4.90 Å². The van der Waals surface area contributed by atoms with Gasteiger partial charge in [-0.1, -0.05) is 37.0 Å². The topological polar surface area (TPSA) is 54.5 Å². The zero-order chi connectivity index (χ0) is 15.0. The summed E-state index contributed by atoms with van der Waals surface area (Å²) in [6.45, 7) is 3.07. The van der Waals surface area contributed by atoms with Gasteiger partial charge in [0.2, 0.25) is 11.8 Å². The Kier molecular flexibility index (Phi) is 4.16. The number of imide groups is 1. The number of benzene rings is 1. The van der Waals surface area contributed by atoms with E-state index in [1.165, 1.54) is 12.1 Å². The minimum atomic E-state index is -0.402. The second-order valence-corrected chi connectivity index (χ2v) is 5.73. The van der Waals surface area contributed by atoms with Crippen LogP contribution in [0.1, 0.15) is 24.2 Å². The third kappa shape index (κ3) is 2.58. The van der Waals surface area contributed by atoms with Gasteiger partial charge in [0.1, 0.15) is 0 Å². The molecule has 1 aromatic carbocycles. The molecular weight excluding hydrogens is 301 g/mol. The number of nitrogens with zero attached hydrogens (tertiary/aromatic N) is 1. The SMILES string of the molecule is CC1C(=O)N(CC(=O)c2cc(Cl)ccc2Cl)C(=O)C1C. The Hall–Kier alpha value is -1.39. The van der Waals surface area contributed by atoms with Crippen molar-refractivity contribution in [1.82, 2.24) is 4.90 Å². The molecule has 6 heteroatoms. The third-order valence-electron chi connectivity index (χ3n) is 3.59. The molecule has 20 heavy (non-hydrogen) atoms. The van der Waals surface area contributed by atoms with E-state index in [1.807, 2.05) is 0 Å². The number of hydrogen-bond donors (Lipinski definition) is 0. The molecule has 2 unspecified atom stereocenters. The Labute approximate surface area is 126 Å². The molecule has 1 saturated heterocycles. The molecule has 2 atom stereocenters. The normalized spacial score (nSPS) is 22.5. The number of carbonyl (C=O) groups is 3. The third-order valence-corrected chi connectivity index (χ3v) is 4.16. The van der Waals surface area contributed by atoms with Crippen LogP contribution in [0.5, 0.6) is 0 Å². The highest BCUT2D eigenvalue weighted by Crippen LogP contribution is 2.27. The second kappa shape index (κ2) is 5.54. The fourth-order valence-electron chi connectivity index (χ4n) is 2.12. The van der Waals surface area contributed by atoms with Crippen LogP contribution in [-0.2, 0) is 9.59 Å². The summed E-state index contributed by atoms with van der Waals surface area (Å²) in [7, 11) is 0. The van der Waals surface area contributed by atoms with E-state index in [9.17, 15) is 14.4 Å². The van der Waals surface area contributed by atoms with Crippen LogP contribution in [0.15, 0.2) is 18.2 Å². The summed E-state index contributed by atoms with van der Waals surface area (Å²) in [4.78, 5) is 37.1. The van der Waals surface area contributed by atoms with Gasteiger partial charge >= 0.3 is 0 Å². The second-order valence-electron chi connectivity index (χ2n) is 4.89. The maximum Gasteiger partial charge on any atom is 0.233 e. The molecule has 0 aromatic heterocycles. The Bertz CT molecular complexity index is 580. The van der Waals surface area contributed by atoms with Crippen LogP contribution in [0.3, 0.4) is 0 Å². The van der Waals surface area contributed by atoms with Gasteiger partial charge in [0.15, 0.2) is 5.78 Å². The average molecular weight is 314 g/mol. The number of amides is 2. The summed E-state index contributed by atoms with van der Waals surface area (Å²) in [6, 6.07) is 4.51. The molecule has 0 spiro atoms. The van der Waals surface area contributed by atoms with Crippen LogP contribution in [0, 0.1) is 11.8 Å². The highest BCUT2D eigenvalue weighted by Gasteiger charge is 2.42. The Morgan fingerprint density at radius 1 is 1.15 bits per heavy atom. The molecule has 1 aliphatic rings. The van der Waals surface area contributed by atoms with Crippen molar-refractivity contribution in [1.29, 1.82) is 0 Å². The molecule has 0 saturated carbocycles. The molecule has 4 nitrogen and oxygen atoms in total. The average Bonchev–Trinajstić information content (AvgIpc) is 2.59. The van der Waals surface area contributed by atoms with Crippen LogP contribution >= 0.6 is 23.2 Å². The van der Waals surface area contributed by atoms with Crippen molar-refractivity contribution < 1.29 is 14.4 Å². The fraction of sp³-hybridized carbons (Fsp3) is 0.357. The smallest absolute Gasteiger partial charge is 0.233 e. The van der Waals surface area contributed by atoms with Crippen LogP contribution in [0.2, 0.25) is 10.0 Å². The lowest BCUT2D eigenvalue weighted by Crippen LogP contribution is -2.35. The van der Waals surface area contributed by atoms with Crippen LogP contribution in [-0.4, -0.2) is 29.0 Å². The zero-order valence-electron chi connectivity index (χ0n) is 11.0. The van der Waals surface area contributed by atoms with Crippen LogP contribution in [0.25, 0.3) is 0 Å². The number of halogens is 2. The quantitative estimate of drug-likeness (QED) is 0.637. The summed E-state index contributed by atoms with van der Waals surface area (Å²) < 4.78 is 0. The zero-order valence-corrected chi connectivity index (χ0v) is 12.5. The molecule has 106 valence electrons. The molecule has 0 bridgehead atoms. The molecule has 0 aliphatic carbocycles. The van der Waals surface area contributed by atoms with Crippen molar-refractivity contribution in [3.63, 3.8) is 0 Å². The van der Waals surface area contributed by atoms with E-state index in [-0.39, 0.29) is 28.9 Å². The Morgan fingerprint density at radius 3 is 2.25 bits per heavy atom. The summed E-state index contributed by atoms with van der Waals surface area (Å²) in [5.41, 5.74) is 0.215. The molecule has 0 radical (unpaired) electrons. The molecule has 2 amide bonds. The predicted octanol–water partition coefficient (Wildman–Crippen LogP) is 2.82. The highest BCUT2D eigenvalue weighted by molar-refractivity contribution is 6.36. The highest BCUT2D eigenvalue weighted by atomic mass is 35.5. The van der Waals surface area contributed by atoms with Gasteiger partial charge in [0, 0.05) is 22.4 Å². The minimum absolute atomic E-state index is 0.215. The summed E-state index contributed by atoms with van der Waals surface area (Å²) in [5.74, 6) is -1.85. The number of rotatable bonds is 3. The molecule has 1 aromatic rings. The van der Waals surface area contributed by atoms with E-state index in [1.54, 1.807) is 19.9 Å². The lowest BCUT2D eigenvalue weighted by molar-refractivity contribution is -0.139. The molecule has 0 N–H and O–H groups in total. The van der Waals surface area contributed by atoms with Crippen LogP contribution < -0.4 is 0 Å². The number of ketones is 1. The van der Waals surface area contributed by atoms with Gasteiger partial charge < -0.3 is 0 Å². The van der Waals surface area contributed by atoms with Crippen molar-refractivity contribution in [2.75, 3.05) is 6.54 Å². The first-order valence-electron chi connectivity index (χ1n) is 6.16. The number of carbonyl (C=O) groups excluding carboxylic acids is 3. The van der Waals surface area contributed by atoms with Crippen molar-refractivity contribution in [3.05, 3.63) is 33.8 Å². The van der Waals surface area contributed by atoms with Gasteiger partial charge in [-0.05, 0) is 18.2 Å². The van der Waals surface area contributed by atoms with Gasteiger partial charge in [0.05, 0.1) is 11.6 Å². The monoisotopic (exact) mass is 313 g/mol. The van der Waals surface area contributed by atoms with E-state index in [0.29, 0.717) is 5.02 Å². The predicted molar refractivity (Wildman–Crippen MR) is 75.8 cm³/mol. The van der Waals surface area contributed by atoms with E-state index in [4.69, 9.17) is 23.2 Å². The van der Waals surface area contributed by atoms with E-state index >= 15 is 0 Å². The number of likely N-dealkylation sites (tertiary alicyclic amines) is 1. The van der Waals surface area contributed by atoms with Gasteiger partial charge in [0.25, 0.3) is 0 Å². The largest absolute Gasteiger partial charge is 0.292 e. The molecule has 1 fully saturated rings. The molecular formula is C14H13Cl2NO3. The fourth-order valence-corrected chi connectivity index (χ4v) is 2.52. The first kappa shape index (κ1) is 15.0. The van der Waals surface area contributed by atoms with Crippen LogP contribution in [0.4, 0.5) is 0 Å². The minimum Gasteiger partial charge on any atom is -0.292 e. The van der Waals surface area contributed by atoms with Gasteiger partial charge in [-0.25, -0.2) is 0 Å². The van der Waals surface area contributed by atoms with Crippen molar-refractivity contribution in [2.45, 2.75) is 13.8 Å². The summed E-state index contributed by atoms with van der Waals surface area (Å²) in [6.07, 6.45) is 0. The summed E-state index contributed by atoms with van der Waals surface area (Å²) in [5, 5.41) is 0.623. The van der Waals surface area contributed by atoms with Gasteiger partial charge in [-0.2, -0.15) is 0 Å². The molecule has 1 aliphatic heterocycles. The van der Waals surface area contributed by atoms with Gasteiger partial charge in [-0.3, -0.25) is 19.3 Å². The van der Waals surface area contributed by atoms with Crippen molar-refractivity contribution in [2.24, 2.45) is 11.8 Å². The Balaban J connectivity index is 2.22. The van der Waals surface area contributed by atoms with Gasteiger partial charge in [-0.15, -0.1) is 0 Å². The maximum absolute atomic E-state index is 12.2. The van der Waals surface area contributed by atoms with E-state index < -0.39 is 17.6 Å². The molecule has 2 rings (SSSR count). The van der Waals surface area contributed by atoms with Crippen molar-refractivity contribution >= 4 is 40.8 Å². The number of Topliss-reactive ketones (excluding diaryl/α,β-unsaturated/α-hetero) is 1.